The Kier molecular flexibility index (Phi) is 7.29. The molecule has 1 aliphatic heterocycles. The molecule has 5 rings (SSSR count). The normalized spacial score (nSPS) is 18.7. The molecule has 1 aliphatic carbocycles. The Morgan fingerprint density at radius 2 is 1.95 bits per heavy atom. The maximum atomic E-state index is 13.6. The number of aliphatic hydroxyl groups excluding tert-OH is 1. The number of benzene rings is 2. The van der Waals surface area contributed by atoms with Crippen molar-refractivity contribution in [2.75, 3.05) is 23.7 Å². The number of aliphatic hydroxyl groups is 1. The smallest absolute Gasteiger partial charge is 0.251 e. The first-order valence-electron chi connectivity index (χ1n) is 13.2. The Balaban J connectivity index is 1.46. The van der Waals surface area contributed by atoms with Gasteiger partial charge in [-0.3, -0.25) is 9.10 Å². The van der Waals surface area contributed by atoms with Crippen LogP contribution in [0.1, 0.15) is 47.7 Å². The van der Waals surface area contributed by atoms with Gasteiger partial charge in [0.2, 0.25) is 10.0 Å². The molecule has 1 amide bonds. The van der Waals surface area contributed by atoms with Gasteiger partial charge in [0.15, 0.2) is 0 Å². The largest absolute Gasteiger partial charge is 0.390 e. The molecule has 3 N–H and O–H groups in total. The van der Waals surface area contributed by atoms with Crippen LogP contribution in [0.4, 0.5) is 5.69 Å². The van der Waals surface area contributed by atoms with Crippen LogP contribution in [0, 0.1) is 0 Å². The Hall–Kier alpha value is -2.88. The van der Waals surface area contributed by atoms with Crippen molar-refractivity contribution in [3.63, 3.8) is 0 Å². The van der Waals surface area contributed by atoms with E-state index >= 15 is 0 Å². The minimum atomic E-state index is -3.49. The van der Waals surface area contributed by atoms with Crippen LogP contribution in [0.25, 0.3) is 10.9 Å². The number of hydrogen-bond donors (Lipinski definition) is 3. The zero-order valence-electron chi connectivity index (χ0n) is 21.5. The van der Waals surface area contributed by atoms with Crippen molar-refractivity contribution in [2.24, 2.45) is 0 Å². The molecule has 3 aromatic rings. The number of hydrogen-bond acceptors (Lipinski definition) is 5. The summed E-state index contributed by atoms with van der Waals surface area (Å²) in [5.74, 6) is -0.302. The van der Waals surface area contributed by atoms with E-state index in [9.17, 15) is 18.3 Å². The second-order valence-corrected chi connectivity index (χ2v) is 12.4. The van der Waals surface area contributed by atoms with E-state index in [4.69, 9.17) is 0 Å². The van der Waals surface area contributed by atoms with Gasteiger partial charge in [-0.2, -0.15) is 0 Å². The van der Waals surface area contributed by atoms with Gasteiger partial charge in [-0.25, -0.2) is 8.42 Å². The van der Waals surface area contributed by atoms with Crippen LogP contribution in [0.15, 0.2) is 48.7 Å². The first-order chi connectivity index (χ1) is 17.8. The summed E-state index contributed by atoms with van der Waals surface area (Å²) in [4.78, 5) is 13.6. The Bertz CT molecular complexity index is 1380. The molecule has 37 heavy (non-hydrogen) atoms. The highest BCUT2D eigenvalue weighted by molar-refractivity contribution is 7.92. The molecule has 1 aromatic heterocycles. The highest BCUT2D eigenvalue weighted by Crippen LogP contribution is 2.37. The average Bonchev–Trinajstić information content (AvgIpc) is 3.19. The molecule has 198 valence electrons. The molecule has 1 fully saturated rings. The zero-order chi connectivity index (χ0) is 26.2. The van der Waals surface area contributed by atoms with Crippen LogP contribution in [0.3, 0.4) is 0 Å². The Morgan fingerprint density at radius 1 is 1.19 bits per heavy atom. The third-order valence-corrected chi connectivity index (χ3v) is 9.58. The topological polar surface area (TPSA) is 104 Å². The monoisotopic (exact) mass is 524 g/mol. The summed E-state index contributed by atoms with van der Waals surface area (Å²) in [6.45, 7) is 3.14. The average molecular weight is 525 g/mol. The van der Waals surface area contributed by atoms with Gasteiger partial charge in [0.1, 0.15) is 0 Å². The molecule has 2 heterocycles. The molecular formula is C28H36N4O4S. The molecule has 1 saturated carbocycles. The van der Waals surface area contributed by atoms with E-state index < -0.39 is 22.2 Å². The highest BCUT2D eigenvalue weighted by atomic mass is 32.2. The first-order valence-corrected chi connectivity index (χ1v) is 14.8. The summed E-state index contributed by atoms with van der Waals surface area (Å²) >= 11 is 0. The molecule has 8 nitrogen and oxygen atoms in total. The molecule has 9 heteroatoms. The van der Waals surface area contributed by atoms with Gasteiger partial charge in [-0.05, 0) is 55.9 Å². The number of nitrogens with zero attached hydrogens (tertiary/aromatic N) is 2. The van der Waals surface area contributed by atoms with Crippen LogP contribution in [-0.4, -0.2) is 61.5 Å². The van der Waals surface area contributed by atoms with Crippen molar-refractivity contribution < 1.29 is 18.3 Å². The maximum Gasteiger partial charge on any atom is 0.251 e. The molecule has 2 atom stereocenters. The number of aryl methyl sites for hydroxylation is 2. The molecule has 0 spiro atoms. The molecule has 0 unspecified atom stereocenters. The van der Waals surface area contributed by atoms with Crippen LogP contribution < -0.4 is 14.9 Å². The lowest BCUT2D eigenvalue weighted by Crippen LogP contribution is -2.51. The minimum Gasteiger partial charge on any atom is -0.390 e. The van der Waals surface area contributed by atoms with Gasteiger partial charge in [-0.15, -0.1) is 0 Å². The van der Waals surface area contributed by atoms with E-state index in [2.05, 4.69) is 15.2 Å². The van der Waals surface area contributed by atoms with E-state index in [-0.39, 0.29) is 11.7 Å². The number of aromatic nitrogens is 1. The van der Waals surface area contributed by atoms with Crippen molar-refractivity contribution in [2.45, 2.75) is 63.8 Å². The van der Waals surface area contributed by atoms with Gasteiger partial charge in [0.05, 0.1) is 29.1 Å². The molecular weight excluding hydrogens is 488 g/mol. The number of sulfonamides is 1. The predicted molar refractivity (Wildman–Crippen MR) is 147 cm³/mol. The van der Waals surface area contributed by atoms with Crippen molar-refractivity contribution in [3.05, 3.63) is 65.4 Å². The van der Waals surface area contributed by atoms with E-state index in [0.29, 0.717) is 43.2 Å². The van der Waals surface area contributed by atoms with Gasteiger partial charge in [-0.1, -0.05) is 36.8 Å². The van der Waals surface area contributed by atoms with E-state index in [1.54, 1.807) is 13.1 Å². The van der Waals surface area contributed by atoms with Crippen LogP contribution in [0.2, 0.25) is 0 Å². The standard InChI is InChI=1S/C28H36N4O4S/c1-3-32-18-20-12-13-37(35,36)31(2)24-15-21(16-25(32)27(20)24)28(34)30-23(14-19-8-5-4-6-9-19)26(33)17-29-22-10-7-11-22/h4-6,8-9,15-16,18,22-23,26,29,33H,3,7,10-14,17H2,1-2H3,(H,30,34)/t23-,26+/m0/s1. The summed E-state index contributed by atoms with van der Waals surface area (Å²) in [7, 11) is -1.94. The van der Waals surface area contributed by atoms with Gasteiger partial charge in [0.25, 0.3) is 5.91 Å². The molecule has 0 bridgehead atoms. The van der Waals surface area contributed by atoms with E-state index in [1.807, 2.05) is 49.5 Å². The van der Waals surface area contributed by atoms with Gasteiger partial charge >= 0.3 is 0 Å². The lowest BCUT2D eigenvalue weighted by Gasteiger charge is -2.30. The molecule has 0 saturated heterocycles. The lowest BCUT2D eigenvalue weighted by molar-refractivity contribution is 0.0816. The third kappa shape index (κ3) is 5.26. The summed E-state index contributed by atoms with van der Waals surface area (Å²) in [5.41, 5.74) is 3.74. The van der Waals surface area contributed by atoms with Crippen molar-refractivity contribution in [1.82, 2.24) is 15.2 Å². The number of carbonyl (C=O) groups excluding carboxylic acids is 1. The maximum absolute atomic E-state index is 13.6. The fourth-order valence-electron chi connectivity index (χ4n) is 5.29. The summed E-state index contributed by atoms with van der Waals surface area (Å²) in [6.07, 6.45) is 5.57. The Labute approximate surface area is 218 Å². The predicted octanol–water partition coefficient (Wildman–Crippen LogP) is 2.83. The highest BCUT2D eigenvalue weighted by Gasteiger charge is 2.30. The zero-order valence-corrected chi connectivity index (χ0v) is 22.3. The van der Waals surface area contributed by atoms with E-state index in [0.717, 1.165) is 34.9 Å². The quantitative estimate of drug-likeness (QED) is 0.399. The van der Waals surface area contributed by atoms with Crippen LogP contribution in [-0.2, 0) is 29.4 Å². The SMILES string of the molecule is CCn1cc2c3c(cc(C(=O)N[C@@H](Cc4ccccc4)[C@H](O)CNC4CCC4)cc31)N(C)S(=O)(=O)CC2. The van der Waals surface area contributed by atoms with Crippen LogP contribution in [0.5, 0.6) is 0 Å². The van der Waals surface area contributed by atoms with Crippen molar-refractivity contribution in [1.29, 1.82) is 0 Å². The third-order valence-electron chi connectivity index (χ3n) is 7.83. The summed E-state index contributed by atoms with van der Waals surface area (Å²) < 4.78 is 29.1. The fourth-order valence-corrected chi connectivity index (χ4v) is 6.49. The van der Waals surface area contributed by atoms with Crippen LogP contribution >= 0.6 is 0 Å². The van der Waals surface area contributed by atoms with Gasteiger partial charge in [0, 0.05) is 43.3 Å². The minimum absolute atomic E-state index is 0.0296. The molecule has 0 radical (unpaired) electrons. The number of carbonyl (C=O) groups is 1. The summed E-state index contributed by atoms with van der Waals surface area (Å²) in [5, 5.41) is 18.4. The van der Waals surface area contributed by atoms with Crippen molar-refractivity contribution in [3.8, 4) is 0 Å². The second-order valence-electron chi connectivity index (χ2n) is 10.2. The first kappa shape index (κ1) is 25.8. The number of nitrogens with one attached hydrogen (secondary N) is 2. The second kappa shape index (κ2) is 10.5. The molecule has 2 aliphatic rings. The summed E-state index contributed by atoms with van der Waals surface area (Å²) in [6, 6.07) is 13.2. The van der Waals surface area contributed by atoms with Gasteiger partial charge < -0.3 is 20.3 Å². The molecule has 2 aromatic carbocycles. The lowest BCUT2D eigenvalue weighted by atomic mass is 9.92. The number of anilines is 1. The number of amides is 1. The fraction of sp³-hybridized carbons (Fsp3) is 0.464. The van der Waals surface area contributed by atoms with E-state index in [1.165, 1.54) is 10.7 Å². The number of rotatable bonds is 9. The Morgan fingerprint density at radius 3 is 2.62 bits per heavy atom. The van der Waals surface area contributed by atoms with Crippen molar-refractivity contribution >= 4 is 32.5 Å².